The van der Waals surface area contributed by atoms with E-state index in [1.54, 1.807) is 24.3 Å². The summed E-state index contributed by atoms with van der Waals surface area (Å²) in [5.74, 6) is -0.406. The molecule has 2 aromatic carbocycles. The third-order valence-electron chi connectivity index (χ3n) is 4.70. The maximum atomic E-state index is 13.8. The summed E-state index contributed by atoms with van der Waals surface area (Å²) in [7, 11) is 2.00. The summed E-state index contributed by atoms with van der Waals surface area (Å²) in [6, 6.07) is 11.3. The van der Waals surface area contributed by atoms with Gasteiger partial charge in [0, 0.05) is 23.2 Å². The summed E-state index contributed by atoms with van der Waals surface area (Å²) in [5.41, 5.74) is 1.75. The second-order valence-electron chi connectivity index (χ2n) is 6.34. The number of likely N-dealkylation sites (tertiary alicyclic amines) is 1. The predicted molar refractivity (Wildman–Crippen MR) is 97.9 cm³/mol. The Bertz CT molecular complexity index is 767. The molecule has 1 amide bonds. The summed E-state index contributed by atoms with van der Waals surface area (Å²) < 4.78 is 13.8. The van der Waals surface area contributed by atoms with E-state index in [0.29, 0.717) is 22.8 Å². The van der Waals surface area contributed by atoms with Crippen LogP contribution >= 0.6 is 11.6 Å². The first-order chi connectivity index (χ1) is 12.0. The lowest BCUT2D eigenvalue weighted by Crippen LogP contribution is -2.41. The van der Waals surface area contributed by atoms with Gasteiger partial charge < -0.3 is 10.0 Å². The number of carboxylic acid groups (broad SMARTS) is 1. The van der Waals surface area contributed by atoms with E-state index in [0.717, 1.165) is 24.9 Å². The van der Waals surface area contributed by atoms with E-state index in [1.165, 1.54) is 23.1 Å². The number of anilines is 1. The number of rotatable bonds is 4. The zero-order valence-electron chi connectivity index (χ0n) is 14.0. The number of amides is 1. The van der Waals surface area contributed by atoms with Crippen LogP contribution in [0.15, 0.2) is 42.5 Å². The molecule has 4 nitrogen and oxygen atoms in total. The first-order valence-corrected chi connectivity index (χ1v) is 8.59. The molecule has 0 bridgehead atoms. The quantitative estimate of drug-likeness (QED) is 0.855. The van der Waals surface area contributed by atoms with Gasteiger partial charge in [-0.3, -0.25) is 4.90 Å². The summed E-state index contributed by atoms with van der Waals surface area (Å²) >= 11 is 5.93. The first-order valence-electron chi connectivity index (χ1n) is 8.22. The van der Waals surface area contributed by atoms with Gasteiger partial charge in [0.2, 0.25) is 0 Å². The second-order valence-corrected chi connectivity index (χ2v) is 6.77. The Morgan fingerprint density at radius 2 is 2.04 bits per heavy atom. The van der Waals surface area contributed by atoms with Crippen molar-refractivity contribution < 1.29 is 14.3 Å². The molecule has 1 saturated heterocycles. The smallest absolute Gasteiger partial charge is 0.411 e. The molecule has 0 radical (unpaired) electrons. The zero-order chi connectivity index (χ0) is 18.0. The maximum Gasteiger partial charge on any atom is 0.411 e. The van der Waals surface area contributed by atoms with Crippen molar-refractivity contribution in [2.75, 3.05) is 25.0 Å². The second kappa shape index (κ2) is 7.42. The summed E-state index contributed by atoms with van der Waals surface area (Å²) in [5, 5.41) is 10.3. The Morgan fingerprint density at radius 1 is 1.32 bits per heavy atom. The Labute approximate surface area is 151 Å². The molecule has 1 N–H and O–H groups in total. The van der Waals surface area contributed by atoms with Gasteiger partial charge in [0.25, 0.3) is 0 Å². The van der Waals surface area contributed by atoms with Gasteiger partial charge in [-0.2, -0.15) is 0 Å². The molecule has 0 aromatic heterocycles. The van der Waals surface area contributed by atoms with Crippen LogP contribution in [0.25, 0.3) is 11.1 Å². The molecular weight excluding hydrogens is 343 g/mol. The third kappa shape index (κ3) is 3.94. The van der Waals surface area contributed by atoms with Crippen LogP contribution in [0.1, 0.15) is 12.8 Å². The molecule has 1 aliphatic rings. The van der Waals surface area contributed by atoms with Gasteiger partial charge in [-0.15, -0.1) is 0 Å². The fourth-order valence-corrected chi connectivity index (χ4v) is 3.43. The number of carbonyl (C=O) groups is 1. The highest BCUT2D eigenvalue weighted by Gasteiger charge is 2.28. The van der Waals surface area contributed by atoms with Crippen LogP contribution in [0.2, 0.25) is 5.02 Å². The summed E-state index contributed by atoms with van der Waals surface area (Å²) in [4.78, 5) is 15.4. The van der Waals surface area contributed by atoms with Gasteiger partial charge in [-0.1, -0.05) is 23.7 Å². The molecule has 132 valence electrons. The van der Waals surface area contributed by atoms with Crippen molar-refractivity contribution in [1.82, 2.24) is 4.90 Å². The van der Waals surface area contributed by atoms with E-state index in [1.807, 2.05) is 7.05 Å². The fraction of sp³-hybridized carbons (Fsp3) is 0.316. The molecular formula is C19H20ClFN2O2. The zero-order valence-corrected chi connectivity index (χ0v) is 14.7. The summed E-state index contributed by atoms with van der Waals surface area (Å²) in [6.45, 7) is 1.32. The van der Waals surface area contributed by atoms with Crippen LogP contribution in [-0.2, 0) is 0 Å². The molecule has 0 saturated carbocycles. The van der Waals surface area contributed by atoms with Crippen molar-refractivity contribution >= 4 is 23.4 Å². The molecule has 2 aromatic rings. The fourth-order valence-electron chi connectivity index (χ4n) is 3.30. The van der Waals surface area contributed by atoms with Crippen molar-refractivity contribution in [3.63, 3.8) is 0 Å². The average Bonchev–Trinajstić information content (AvgIpc) is 2.98. The normalized spacial score (nSPS) is 17.6. The lowest BCUT2D eigenvalue weighted by atomic mass is 10.0. The average molecular weight is 363 g/mol. The molecule has 0 unspecified atom stereocenters. The van der Waals surface area contributed by atoms with E-state index in [9.17, 15) is 14.3 Å². The van der Waals surface area contributed by atoms with Crippen LogP contribution in [-0.4, -0.2) is 42.3 Å². The van der Waals surface area contributed by atoms with Gasteiger partial charge in [-0.25, -0.2) is 9.18 Å². The molecule has 1 fully saturated rings. The lowest BCUT2D eigenvalue weighted by Gasteiger charge is -2.28. The predicted octanol–water partition coefficient (Wildman–Crippen LogP) is 4.72. The minimum absolute atomic E-state index is 0.166. The van der Waals surface area contributed by atoms with Crippen molar-refractivity contribution in [3.05, 3.63) is 53.3 Å². The van der Waals surface area contributed by atoms with Gasteiger partial charge in [0.1, 0.15) is 5.82 Å². The van der Waals surface area contributed by atoms with E-state index < -0.39 is 11.9 Å². The van der Waals surface area contributed by atoms with Crippen molar-refractivity contribution in [2.45, 2.75) is 18.9 Å². The van der Waals surface area contributed by atoms with Crippen molar-refractivity contribution in [2.24, 2.45) is 0 Å². The minimum Gasteiger partial charge on any atom is -0.465 e. The highest BCUT2D eigenvalue weighted by Crippen LogP contribution is 2.33. The van der Waals surface area contributed by atoms with E-state index in [4.69, 9.17) is 11.6 Å². The van der Waals surface area contributed by atoms with E-state index in [-0.39, 0.29) is 6.04 Å². The lowest BCUT2D eigenvalue weighted by molar-refractivity contribution is 0.198. The van der Waals surface area contributed by atoms with Crippen LogP contribution in [0.5, 0.6) is 0 Å². The first kappa shape index (κ1) is 17.7. The molecule has 6 heteroatoms. The number of likely N-dealkylation sites (N-methyl/N-ethyl adjacent to an activating group) is 1. The monoisotopic (exact) mass is 362 g/mol. The van der Waals surface area contributed by atoms with Crippen LogP contribution in [0, 0.1) is 5.82 Å². The van der Waals surface area contributed by atoms with E-state index in [2.05, 4.69) is 4.90 Å². The van der Waals surface area contributed by atoms with Gasteiger partial charge in [-0.05, 0) is 62.3 Å². The Morgan fingerprint density at radius 3 is 2.64 bits per heavy atom. The Kier molecular flexibility index (Phi) is 5.25. The number of nitrogens with zero attached hydrogens (tertiary/aromatic N) is 2. The standard InChI is InChI=1S/C19H20ClFN2O2/c1-22-10-2-3-16(22)12-23(19(24)25)18-9-8-15(21)11-17(18)13-4-6-14(20)7-5-13/h4-9,11,16H,2-3,10,12H2,1H3,(H,24,25)/t16-/m0/s1. The highest BCUT2D eigenvalue weighted by atomic mass is 35.5. The largest absolute Gasteiger partial charge is 0.465 e. The molecule has 1 atom stereocenters. The molecule has 0 spiro atoms. The Hall–Kier alpha value is -2.11. The van der Waals surface area contributed by atoms with Gasteiger partial charge >= 0.3 is 6.09 Å². The molecule has 25 heavy (non-hydrogen) atoms. The van der Waals surface area contributed by atoms with Gasteiger partial charge in [0.05, 0.1) is 5.69 Å². The van der Waals surface area contributed by atoms with Crippen LogP contribution < -0.4 is 4.90 Å². The molecule has 3 rings (SSSR count). The minimum atomic E-state index is -1.04. The van der Waals surface area contributed by atoms with E-state index >= 15 is 0 Å². The van der Waals surface area contributed by atoms with Crippen LogP contribution in [0.3, 0.4) is 0 Å². The molecule has 1 heterocycles. The van der Waals surface area contributed by atoms with Crippen molar-refractivity contribution in [3.8, 4) is 11.1 Å². The number of halogens is 2. The van der Waals surface area contributed by atoms with Gasteiger partial charge in [0.15, 0.2) is 0 Å². The highest BCUT2D eigenvalue weighted by molar-refractivity contribution is 6.30. The molecule has 1 aliphatic heterocycles. The SMILES string of the molecule is CN1CCC[C@H]1CN(C(=O)O)c1ccc(F)cc1-c1ccc(Cl)cc1. The molecule has 0 aliphatic carbocycles. The van der Waals surface area contributed by atoms with Crippen LogP contribution in [0.4, 0.5) is 14.9 Å². The number of hydrogen-bond donors (Lipinski definition) is 1. The number of benzene rings is 2. The Balaban J connectivity index is 2.01. The number of hydrogen-bond acceptors (Lipinski definition) is 2. The maximum absolute atomic E-state index is 13.8. The third-order valence-corrected chi connectivity index (χ3v) is 4.95. The van der Waals surface area contributed by atoms with Crippen molar-refractivity contribution in [1.29, 1.82) is 0 Å². The summed E-state index contributed by atoms with van der Waals surface area (Å²) in [6.07, 6.45) is 0.974. The topological polar surface area (TPSA) is 43.8 Å².